The highest BCUT2D eigenvalue weighted by atomic mass is 16.2. The van der Waals surface area contributed by atoms with Crippen molar-refractivity contribution in [3.05, 3.63) is 29.8 Å². The van der Waals surface area contributed by atoms with Gasteiger partial charge in [-0.3, -0.25) is 9.69 Å². The van der Waals surface area contributed by atoms with Crippen molar-refractivity contribution in [1.29, 1.82) is 0 Å². The van der Waals surface area contributed by atoms with E-state index in [9.17, 15) is 4.79 Å². The van der Waals surface area contributed by atoms with Crippen LogP contribution in [0.1, 0.15) is 18.4 Å². The Balaban J connectivity index is 1.98. The number of likely N-dealkylation sites (N-methyl/N-ethyl adjacent to an activating group) is 1. The number of benzene rings is 1. The molecule has 0 radical (unpaired) electrons. The Morgan fingerprint density at radius 3 is 2.39 bits per heavy atom. The highest BCUT2D eigenvalue weighted by molar-refractivity contribution is 5.77. The Morgan fingerprint density at radius 2 is 1.89 bits per heavy atom. The number of hydrogen-bond acceptors (Lipinski definition) is 3. The topological polar surface area (TPSA) is 49.6 Å². The number of rotatable bonds is 5. The van der Waals surface area contributed by atoms with Crippen LogP contribution in [0, 0.1) is 0 Å². The lowest BCUT2D eigenvalue weighted by Crippen LogP contribution is -2.37. The third kappa shape index (κ3) is 3.47. The predicted octanol–water partition coefficient (Wildman–Crippen LogP) is 1.32. The van der Waals surface area contributed by atoms with Crippen LogP contribution in [0.25, 0.3) is 0 Å². The zero-order valence-electron chi connectivity index (χ0n) is 11.1. The molecule has 0 unspecified atom stereocenters. The minimum Gasteiger partial charge on any atom is -0.399 e. The van der Waals surface area contributed by atoms with E-state index in [1.807, 2.05) is 24.3 Å². The lowest BCUT2D eigenvalue weighted by molar-refractivity contribution is -0.130. The van der Waals surface area contributed by atoms with E-state index in [4.69, 9.17) is 5.73 Å². The quantitative estimate of drug-likeness (QED) is 0.798. The number of amides is 1. The maximum atomic E-state index is 11.8. The highest BCUT2D eigenvalue weighted by Gasteiger charge is 2.30. The molecule has 4 nitrogen and oxygen atoms in total. The Morgan fingerprint density at radius 1 is 1.28 bits per heavy atom. The molecule has 0 aromatic heterocycles. The molecular formula is C14H21N3O. The average Bonchev–Trinajstić information content (AvgIpc) is 3.14. The van der Waals surface area contributed by atoms with Crippen LogP contribution < -0.4 is 5.73 Å². The van der Waals surface area contributed by atoms with E-state index in [0.717, 1.165) is 12.2 Å². The largest absolute Gasteiger partial charge is 0.399 e. The third-order valence-corrected chi connectivity index (χ3v) is 3.27. The Hall–Kier alpha value is -1.55. The van der Waals surface area contributed by atoms with Gasteiger partial charge in [0.25, 0.3) is 0 Å². The fourth-order valence-corrected chi connectivity index (χ4v) is 1.93. The molecule has 0 aliphatic heterocycles. The molecule has 1 aromatic carbocycles. The fraction of sp³-hybridized carbons (Fsp3) is 0.500. The predicted molar refractivity (Wildman–Crippen MR) is 73.0 cm³/mol. The van der Waals surface area contributed by atoms with Crippen molar-refractivity contribution in [2.75, 3.05) is 26.4 Å². The van der Waals surface area contributed by atoms with Gasteiger partial charge in [0, 0.05) is 32.4 Å². The second-order valence-corrected chi connectivity index (χ2v) is 5.17. The first-order valence-corrected chi connectivity index (χ1v) is 6.35. The number of hydrogen-bond donors (Lipinski definition) is 1. The van der Waals surface area contributed by atoms with E-state index >= 15 is 0 Å². The zero-order chi connectivity index (χ0) is 13.1. The van der Waals surface area contributed by atoms with Crippen molar-refractivity contribution in [3.63, 3.8) is 0 Å². The van der Waals surface area contributed by atoms with Crippen LogP contribution in [0.5, 0.6) is 0 Å². The molecular weight excluding hydrogens is 226 g/mol. The highest BCUT2D eigenvalue weighted by Crippen LogP contribution is 2.28. The van der Waals surface area contributed by atoms with Gasteiger partial charge in [0.15, 0.2) is 0 Å². The van der Waals surface area contributed by atoms with Gasteiger partial charge in [0.2, 0.25) is 5.91 Å². The van der Waals surface area contributed by atoms with Gasteiger partial charge in [0.05, 0.1) is 6.54 Å². The van der Waals surface area contributed by atoms with Crippen molar-refractivity contribution < 1.29 is 4.79 Å². The monoisotopic (exact) mass is 247 g/mol. The molecule has 2 N–H and O–H groups in total. The Labute approximate surface area is 108 Å². The van der Waals surface area contributed by atoms with E-state index in [1.54, 1.807) is 19.0 Å². The van der Waals surface area contributed by atoms with Gasteiger partial charge >= 0.3 is 0 Å². The van der Waals surface area contributed by atoms with Crippen LogP contribution in [-0.2, 0) is 11.3 Å². The molecule has 2 rings (SSSR count). The summed E-state index contributed by atoms with van der Waals surface area (Å²) in [6.07, 6.45) is 2.41. The first kappa shape index (κ1) is 12.9. The minimum atomic E-state index is 0.164. The number of carbonyl (C=O) groups is 1. The summed E-state index contributed by atoms with van der Waals surface area (Å²) in [6, 6.07) is 8.46. The van der Waals surface area contributed by atoms with E-state index < -0.39 is 0 Å². The lowest BCUT2D eigenvalue weighted by atomic mass is 10.2. The summed E-state index contributed by atoms with van der Waals surface area (Å²) in [5.74, 6) is 0.164. The molecule has 0 spiro atoms. The maximum Gasteiger partial charge on any atom is 0.236 e. The molecule has 0 atom stereocenters. The fourth-order valence-electron chi connectivity index (χ4n) is 1.93. The molecule has 0 bridgehead atoms. The molecule has 1 aromatic rings. The standard InChI is InChI=1S/C14H21N3O/c1-16(2)14(18)10-17(13-7-8-13)9-11-3-5-12(15)6-4-11/h3-6,13H,7-10,15H2,1-2H3. The van der Waals surface area contributed by atoms with Gasteiger partial charge in [0.1, 0.15) is 0 Å². The van der Waals surface area contributed by atoms with Crippen molar-refractivity contribution in [2.24, 2.45) is 0 Å². The van der Waals surface area contributed by atoms with Crippen molar-refractivity contribution in [2.45, 2.75) is 25.4 Å². The van der Waals surface area contributed by atoms with Gasteiger partial charge in [-0.05, 0) is 30.5 Å². The Kier molecular flexibility index (Phi) is 3.87. The number of nitrogens with zero attached hydrogens (tertiary/aromatic N) is 2. The summed E-state index contributed by atoms with van der Waals surface area (Å²) in [5.41, 5.74) is 7.67. The van der Waals surface area contributed by atoms with Gasteiger partial charge in [-0.2, -0.15) is 0 Å². The van der Waals surface area contributed by atoms with Crippen LogP contribution in [0.15, 0.2) is 24.3 Å². The molecule has 4 heteroatoms. The lowest BCUT2D eigenvalue weighted by Gasteiger charge is -2.23. The molecule has 1 fully saturated rings. The Bertz CT molecular complexity index is 410. The molecule has 0 saturated heterocycles. The van der Waals surface area contributed by atoms with Crippen molar-refractivity contribution in [1.82, 2.24) is 9.80 Å². The third-order valence-electron chi connectivity index (χ3n) is 3.27. The molecule has 18 heavy (non-hydrogen) atoms. The van der Waals surface area contributed by atoms with Crippen LogP contribution in [0.2, 0.25) is 0 Å². The number of carbonyl (C=O) groups excluding carboxylic acids is 1. The molecule has 1 saturated carbocycles. The second-order valence-electron chi connectivity index (χ2n) is 5.17. The molecule has 0 heterocycles. The van der Waals surface area contributed by atoms with E-state index in [1.165, 1.54) is 18.4 Å². The average molecular weight is 247 g/mol. The summed E-state index contributed by atoms with van der Waals surface area (Å²) >= 11 is 0. The summed E-state index contributed by atoms with van der Waals surface area (Å²) in [5, 5.41) is 0. The summed E-state index contributed by atoms with van der Waals surface area (Å²) in [6.45, 7) is 1.33. The van der Waals surface area contributed by atoms with Crippen molar-refractivity contribution >= 4 is 11.6 Å². The summed E-state index contributed by atoms with van der Waals surface area (Å²) in [4.78, 5) is 15.7. The van der Waals surface area contributed by atoms with Gasteiger partial charge in [-0.25, -0.2) is 0 Å². The van der Waals surface area contributed by atoms with E-state index in [0.29, 0.717) is 12.6 Å². The van der Waals surface area contributed by atoms with Crippen molar-refractivity contribution in [3.8, 4) is 0 Å². The first-order valence-electron chi connectivity index (χ1n) is 6.35. The van der Waals surface area contributed by atoms with Crippen LogP contribution in [-0.4, -0.2) is 42.4 Å². The first-order chi connectivity index (χ1) is 8.56. The maximum absolute atomic E-state index is 11.8. The van der Waals surface area contributed by atoms with Crippen LogP contribution in [0.3, 0.4) is 0 Å². The van der Waals surface area contributed by atoms with Gasteiger partial charge in [-0.15, -0.1) is 0 Å². The molecule has 1 aliphatic rings. The zero-order valence-corrected chi connectivity index (χ0v) is 11.1. The van der Waals surface area contributed by atoms with E-state index in [-0.39, 0.29) is 5.91 Å². The van der Waals surface area contributed by atoms with E-state index in [2.05, 4.69) is 4.90 Å². The van der Waals surface area contributed by atoms with Gasteiger partial charge < -0.3 is 10.6 Å². The summed E-state index contributed by atoms with van der Waals surface area (Å²) in [7, 11) is 3.60. The van der Waals surface area contributed by atoms with Crippen LogP contribution >= 0.6 is 0 Å². The molecule has 1 amide bonds. The smallest absolute Gasteiger partial charge is 0.236 e. The number of nitrogens with two attached hydrogens (primary N) is 1. The second kappa shape index (κ2) is 5.40. The minimum absolute atomic E-state index is 0.164. The summed E-state index contributed by atoms with van der Waals surface area (Å²) < 4.78 is 0. The number of anilines is 1. The normalized spacial score (nSPS) is 14.8. The molecule has 98 valence electrons. The SMILES string of the molecule is CN(C)C(=O)CN(Cc1ccc(N)cc1)C1CC1. The van der Waals surface area contributed by atoms with Gasteiger partial charge in [-0.1, -0.05) is 12.1 Å². The van der Waals surface area contributed by atoms with Crippen LogP contribution in [0.4, 0.5) is 5.69 Å². The molecule has 1 aliphatic carbocycles. The number of nitrogen functional groups attached to an aromatic ring is 1.